The van der Waals surface area contributed by atoms with Gasteiger partial charge < -0.3 is 10.1 Å². The van der Waals surface area contributed by atoms with Crippen LogP contribution in [0, 0.1) is 13.8 Å². The number of rotatable bonds is 7. The minimum absolute atomic E-state index is 0.288. The Bertz CT molecular complexity index is 881. The summed E-state index contributed by atoms with van der Waals surface area (Å²) in [5.41, 5.74) is 6.01. The molecule has 3 rings (SSSR count). The first-order valence-electron chi connectivity index (χ1n) is 9.57. The van der Waals surface area contributed by atoms with E-state index in [-0.39, 0.29) is 6.61 Å². The molecule has 1 aliphatic rings. The molecule has 0 heterocycles. The minimum atomic E-state index is -0.594. The summed E-state index contributed by atoms with van der Waals surface area (Å²) >= 11 is 0. The standard InChI is InChI=1S/C23H27NO3/c1-5-16-11-15(3)21(12-14(16)2)27-13-20-18(17-9-10-17)7-6-8-19(20)22(25)23(26)24-4/h6-8,11-12,17H,5,9-10,13H2,1-4H3,(H,24,26). The minimum Gasteiger partial charge on any atom is -0.489 e. The number of hydrogen-bond donors (Lipinski definition) is 1. The maximum Gasteiger partial charge on any atom is 0.292 e. The highest BCUT2D eigenvalue weighted by Gasteiger charge is 2.29. The van der Waals surface area contributed by atoms with E-state index in [4.69, 9.17) is 4.74 Å². The summed E-state index contributed by atoms with van der Waals surface area (Å²) in [6.45, 7) is 6.56. The fourth-order valence-electron chi connectivity index (χ4n) is 3.53. The van der Waals surface area contributed by atoms with Gasteiger partial charge in [0.25, 0.3) is 11.7 Å². The van der Waals surface area contributed by atoms with Crippen LogP contribution in [0.5, 0.6) is 5.75 Å². The first-order chi connectivity index (χ1) is 13.0. The van der Waals surface area contributed by atoms with Gasteiger partial charge in [-0.15, -0.1) is 0 Å². The first kappa shape index (κ1) is 19.2. The van der Waals surface area contributed by atoms with E-state index in [2.05, 4.69) is 37.4 Å². The molecule has 0 radical (unpaired) electrons. The second-order valence-corrected chi connectivity index (χ2v) is 7.24. The largest absolute Gasteiger partial charge is 0.489 e. The van der Waals surface area contributed by atoms with Gasteiger partial charge in [0.1, 0.15) is 12.4 Å². The smallest absolute Gasteiger partial charge is 0.292 e. The van der Waals surface area contributed by atoms with Crippen molar-refractivity contribution < 1.29 is 14.3 Å². The molecule has 0 saturated heterocycles. The fraction of sp³-hybridized carbons (Fsp3) is 0.391. The average Bonchev–Trinajstić information content (AvgIpc) is 3.52. The Morgan fingerprint density at radius 2 is 1.89 bits per heavy atom. The number of nitrogens with one attached hydrogen (secondary N) is 1. The molecule has 142 valence electrons. The third-order valence-corrected chi connectivity index (χ3v) is 5.29. The molecule has 0 bridgehead atoms. The number of Topliss-reactive ketones (excluding diaryl/α,β-unsaturated/α-hetero) is 1. The fourth-order valence-corrected chi connectivity index (χ4v) is 3.53. The summed E-state index contributed by atoms with van der Waals surface area (Å²) in [4.78, 5) is 24.4. The Morgan fingerprint density at radius 1 is 1.15 bits per heavy atom. The maximum atomic E-state index is 12.5. The first-order valence-corrected chi connectivity index (χ1v) is 9.57. The molecule has 1 fully saturated rings. The van der Waals surface area contributed by atoms with Crippen LogP contribution in [0.3, 0.4) is 0 Å². The highest BCUT2D eigenvalue weighted by atomic mass is 16.5. The number of carbonyl (C=O) groups excluding carboxylic acids is 2. The van der Waals surface area contributed by atoms with Gasteiger partial charge in [-0.25, -0.2) is 0 Å². The lowest BCUT2D eigenvalue weighted by Gasteiger charge is -2.17. The lowest BCUT2D eigenvalue weighted by Crippen LogP contribution is -2.28. The zero-order valence-corrected chi connectivity index (χ0v) is 16.5. The summed E-state index contributed by atoms with van der Waals surface area (Å²) in [5.74, 6) is 0.191. The zero-order valence-electron chi connectivity index (χ0n) is 16.5. The van der Waals surface area contributed by atoms with Crippen molar-refractivity contribution in [3.8, 4) is 5.75 Å². The van der Waals surface area contributed by atoms with Crippen LogP contribution in [-0.2, 0) is 17.8 Å². The lowest BCUT2D eigenvalue weighted by molar-refractivity contribution is -0.116. The number of ketones is 1. The number of hydrogen-bond acceptors (Lipinski definition) is 3. The van der Waals surface area contributed by atoms with Crippen molar-refractivity contribution in [3.05, 3.63) is 63.7 Å². The summed E-state index contributed by atoms with van der Waals surface area (Å²) in [6.07, 6.45) is 3.23. The van der Waals surface area contributed by atoms with Gasteiger partial charge >= 0.3 is 0 Å². The van der Waals surface area contributed by atoms with Gasteiger partial charge in [-0.3, -0.25) is 9.59 Å². The SMILES string of the molecule is CCc1cc(C)c(OCc2c(C(=O)C(=O)NC)cccc2C2CC2)cc1C. The van der Waals surface area contributed by atoms with Crippen molar-refractivity contribution >= 4 is 11.7 Å². The van der Waals surface area contributed by atoms with E-state index in [0.717, 1.165) is 41.7 Å². The Labute approximate surface area is 160 Å². The molecule has 2 aromatic rings. The second-order valence-electron chi connectivity index (χ2n) is 7.24. The average molecular weight is 365 g/mol. The molecular weight excluding hydrogens is 338 g/mol. The van der Waals surface area contributed by atoms with E-state index in [9.17, 15) is 9.59 Å². The number of likely N-dealkylation sites (N-methyl/N-ethyl adjacent to an activating group) is 1. The molecule has 1 aliphatic carbocycles. The van der Waals surface area contributed by atoms with E-state index in [1.807, 2.05) is 13.0 Å². The van der Waals surface area contributed by atoms with Crippen LogP contribution < -0.4 is 10.1 Å². The molecule has 0 aromatic heterocycles. The van der Waals surface area contributed by atoms with Gasteiger partial charge in [0.15, 0.2) is 0 Å². The van der Waals surface area contributed by atoms with E-state index in [1.165, 1.54) is 18.2 Å². The van der Waals surface area contributed by atoms with Gasteiger partial charge in [0, 0.05) is 18.2 Å². The zero-order chi connectivity index (χ0) is 19.6. The van der Waals surface area contributed by atoms with Crippen LogP contribution in [0.1, 0.15) is 63.9 Å². The monoisotopic (exact) mass is 365 g/mol. The predicted molar refractivity (Wildman–Crippen MR) is 106 cm³/mol. The Balaban J connectivity index is 1.93. The number of amides is 1. The van der Waals surface area contributed by atoms with Crippen molar-refractivity contribution in [3.63, 3.8) is 0 Å². The van der Waals surface area contributed by atoms with Gasteiger partial charge in [0.2, 0.25) is 0 Å². The van der Waals surface area contributed by atoms with Crippen molar-refractivity contribution in [1.29, 1.82) is 0 Å². The van der Waals surface area contributed by atoms with E-state index < -0.39 is 11.7 Å². The van der Waals surface area contributed by atoms with E-state index in [1.54, 1.807) is 6.07 Å². The van der Waals surface area contributed by atoms with Crippen molar-refractivity contribution in [2.45, 2.75) is 52.6 Å². The van der Waals surface area contributed by atoms with Crippen LogP contribution >= 0.6 is 0 Å². The quantitative estimate of drug-likeness (QED) is 0.589. The normalized spacial score (nSPS) is 13.3. The van der Waals surface area contributed by atoms with Crippen molar-refractivity contribution in [2.75, 3.05) is 7.05 Å². The molecule has 1 N–H and O–H groups in total. The van der Waals surface area contributed by atoms with Crippen molar-refractivity contribution in [1.82, 2.24) is 5.32 Å². The number of aryl methyl sites for hydroxylation is 3. The molecule has 2 aromatic carbocycles. The van der Waals surface area contributed by atoms with E-state index >= 15 is 0 Å². The summed E-state index contributed by atoms with van der Waals surface area (Å²) in [5, 5.41) is 2.43. The third-order valence-electron chi connectivity index (χ3n) is 5.29. The molecule has 0 spiro atoms. The summed E-state index contributed by atoms with van der Waals surface area (Å²) in [7, 11) is 1.47. The highest BCUT2D eigenvalue weighted by Crippen LogP contribution is 2.42. The molecule has 1 amide bonds. The number of carbonyl (C=O) groups is 2. The van der Waals surface area contributed by atoms with Crippen LogP contribution in [0.15, 0.2) is 30.3 Å². The number of ether oxygens (including phenoxy) is 1. The number of benzene rings is 2. The van der Waals surface area contributed by atoms with Gasteiger partial charge in [-0.2, -0.15) is 0 Å². The van der Waals surface area contributed by atoms with Gasteiger partial charge in [-0.1, -0.05) is 31.2 Å². The van der Waals surface area contributed by atoms with Gasteiger partial charge in [-0.05, 0) is 67.3 Å². The second kappa shape index (κ2) is 7.95. The Morgan fingerprint density at radius 3 is 2.52 bits per heavy atom. The van der Waals surface area contributed by atoms with Gasteiger partial charge in [0.05, 0.1) is 0 Å². The molecule has 1 saturated carbocycles. The molecule has 0 atom stereocenters. The molecule has 27 heavy (non-hydrogen) atoms. The van der Waals surface area contributed by atoms with Crippen LogP contribution in [0.25, 0.3) is 0 Å². The van der Waals surface area contributed by atoms with Crippen molar-refractivity contribution in [2.24, 2.45) is 0 Å². The lowest BCUT2D eigenvalue weighted by atomic mass is 9.95. The maximum absolute atomic E-state index is 12.5. The van der Waals surface area contributed by atoms with E-state index in [0.29, 0.717) is 11.5 Å². The van der Waals surface area contributed by atoms with Crippen LogP contribution in [-0.4, -0.2) is 18.7 Å². The third kappa shape index (κ3) is 4.05. The molecular formula is C23H27NO3. The topological polar surface area (TPSA) is 55.4 Å². The van der Waals surface area contributed by atoms with Crippen LogP contribution in [0.4, 0.5) is 0 Å². The molecule has 4 nitrogen and oxygen atoms in total. The Kier molecular flexibility index (Phi) is 5.64. The Hall–Kier alpha value is -2.62. The molecule has 0 aliphatic heterocycles. The highest BCUT2D eigenvalue weighted by molar-refractivity contribution is 6.43. The molecule has 0 unspecified atom stereocenters. The summed E-state index contributed by atoms with van der Waals surface area (Å²) in [6, 6.07) is 9.86. The predicted octanol–water partition coefficient (Wildman–Crippen LogP) is 4.25. The van der Waals surface area contributed by atoms with Crippen LogP contribution in [0.2, 0.25) is 0 Å². The summed E-state index contributed by atoms with van der Waals surface area (Å²) < 4.78 is 6.14. The molecule has 4 heteroatoms.